The Morgan fingerprint density at radius 3 is 2.59 bits per heavy atom. The molecule has 1 aliphatic carbocycles. The first-order valence-corrected chi connectivity index (χ1v) is 10.4. The summed E-state index contributed by atoms with van der Waals surface area (Å²) in [6.45, 7) is 3.98. The minimum absolute atomic E-state index is 0.0353. The Hall–Kier alpha value is -2.30. The maximum Gasteiger partial charge on any atom is 0.256 e. The van der Waals surface area contributed by atoms with Gasteiger partial charge in [0.2, 0.25) is 0 Å². The Balaban J connectivity index is 1.84. The van der Waals surface area contributed by atoms with E-state index in [4.69, 9.17) is 16.3 Å². The zero-order chi connectivity index (χ0) is 20.8. The SMILES string of the molecule is COC1CCCC2(C1)NC(=O)C(c1c(C)ccc(-c3ccc(Cl)cc3)c1C)=C2O. The minimum atomic E-state index is -0.722. The van der Waals surface area contributed by atoms with Gasteiger partial charge in [-0.2, -0.15) is 0 Å². The van der Waals surface area contributed by atoms with Gasteiger partial charge < -0.3 is 15.2 Å². The predicted octanol–water partition coefficient (Wildman–Crippen LogP) is 5.35. The van der Waals surface area contributed by atoms with Crippen LogP contribution in [0.5, 0.6) is 0 Å². The number of hydrogen-bond acceptors (Lipinski definition) is 3. The lowest BCUT2D eigenvalue weighted by atomic mass is 9.78. The molecule has 5 heteroatoms. The van der Waals surface area contributed by atoms with E-state index in [1.807, 2.05) is 44.2 Å². The molecule has 1 fully saturated rings. The van der Waals surface area contributed by atoms with Gasteiger partial charge in [0, 0.05) is 18.6 Å². The maximum absolute atomic E-state index is 13.1. The molecule has 0 aromatic heterocycles. The average Bonchev–Trinajstić information content (AvgIpc) is 2.93. The second kappa shape index (κ2) is 7.51. The lowest BCUT2D eigenvalue weighted by Gasteiger charge is -2.37. The van der Waals surface area contributed by atoms with Crippen LogP contribution in [0, 0.1) is 13.8 Å². The summed E-state index contributed by atoms with van der Waals surface area (Å²) in [5, 5.41) is 15.0. The highest BCUT2D eigenvalue weighted by molar-refractivity contribution is 6.30. The van der Waals surface area contributed by atoms with E-state index in [0.717, 1.165) is 47.1 Å². The zero-order valence-corrected chi connectivity index (χ0v) is 17.8. The van der Waals surface area contributed by atoms with Crippen LogP contribution in [0.2, 0.25) is 5.02 Å². The van der Waals surface area contributed by atoms with Crippen molar-refractivity contribution in [3.63, 3.8) is 0 Å². The third-order valence-electron chi connectivity index (χ3n) is 6.39. The summed E-state index contributed by atoms with van der Waals surface area (Å²) in [5.41, 5.74) is 4.47. The fourth-order valence-electron chi connectivity index (χ4n) is 4.85. The number of aryl methyl sites for hydroxylation is 1. The molecular formula is C24H26ClNO3. The van der Waals surface area contributed by atoms with Crippen molar-refractivity contribution in [1.82, 2.24) is 5.32 Å². The Morgan fingerprint density at radius 2 is 1.90 bits per heavy atom. The highest BCUT2D eigenvalue weighted by Crippen LogP contribution is 2.44. The van der Waals surface area contributed by atoms with Crippen LogP contribution >= 0.6 is 11.6 Å². The molecule has 4 nitrogen and oxygen atoms in total. The number of rotatable bonds is 3. The fourth-order valence-corrected chi connectivity index (χ4v) is 4.97. The summed E-state index contributed by atoms with van der Waals surface area (Å²) in [4.78, 5) is 13.1. The standard InChI is InChI=1S/C24H26ClNO3/c1-14-6-11-19(16-7-9-17(25)10-8-16)15(2)20(14)21-22(27)24(26-23(21)28)12-4-5-18(13-24)29-3/h6-11,18,27H,4-5,12-13H2,1-3H3,(H,26,28). The van der Waals surface area contributed by atoms with E-state index in [9.17, 15) is 9.90 Å². The first-order valence-electron chi connectivity index (χ1n) is 10.0. The molecule has 152 valence electrons. The fraction of sp³-hybridized carbons (Fsp3) is 0.375. The van der Waals surface area contributed by atoms with E-state index < -0.39 is 5.54 Å². The number of aliphatic hydroxyl groups excluding tert-OH is 1. The Labute approximate surface area is 176 Å². The van der Waals surface area contributed by atoms with Crippen molar-refractivity contribution in [3.8, 4) is 11.1 Å². The van der Waals surface area contributed by atoms with Crippen molar-refractivity contribution < 1.29 is 14.6 Å². The van der Waals surface area contributed by atoms with Crippen molar-refractivity contribution in [2.45, 2.75) is 51.2 Å². The van der Waals surface area contributed by atoms with Crippen molar-refractivity contribution >= 4 is 23.1 Å². The molecule has 1 spiro atoms. The third-order valence-corrected chi connectivity index (χ3v) is 6.64. The second-order valence-corrected chi connectivity index (χ2v) is 8.59. The number of carbonyl (C=O) groups is 1. The van der Waals surface area contributed by atoms with Gasteiger partial charge in [0.15, 0.2) is 0 Å². The molecule has 2 aromatic rings. The number of amides is 1. The normalized spacial score (nSPS) is 24.3. The summed E-state index contributed by atoms with van der Waals surface area (Å²) in [7, 11) is 1.69. The van der Waals surface area contributed by atoms with Crippen LogP contribution in [-0.2, 0) is 9.53 Å². The number of halogens is 1. The minimum Gasteiger partial charge on any atom is -0.509 e. The highest BCUT2D eigenvalue weighted by Gasteiger charge is 2.49. The third kappa shape index (κ3) is 3.34. The van der Waals surface area contributed by atoms with E-state index in [0.29, 0.717) is 17.0 Å². The molecule has 29 heavy (non-hydrogen) atoms. The van der Waals surface area contributed by atoms with Gasteiger partial charge in [-0.15, -0.1) is 0 Å². The maximum atomic E-state index is 13.1. The van der Waals surface area contributed by atoms with Gasteiger partial charge in [-0.3, -0.25) is 4.79 Å². The van der Waals surface area contributed by atoms with E-state index >= 15 is 0 Å². The largest absolute Gasteiger partial charge is 0.509 e. The van der Waals surface area contributed by atoms with E-state index in [1.54, 1.807) is 7.11 Å². The van der Waals surface area contributed by atoms with Crippen LogP contribution in [0.15, 0.2) is 42.2 Å². The number of carbonyl (C=O) groups excluding carboxylic acids is 1. The van der Waals surface area contributed by atoms with Crippen molar-refractivity contribution in [1.29, 1.82) is 0 Å². The van der Waals surface area contributed by atoms with Gasteiger partial charge in [-0.1, -0.05) is 35.9 Å². The number of aliphatic hydroxyl groups is 1. The zero-order valence-electron chi connectivity index (χ0n) is 17.0. The summed E-state index contributed by atoms with van der Waals surface area (Å²) in [5.74, 6) is -0.0533. The summed E-state index contributed by atoms with van der Waals surface area (Å²) < 4.78 is 5.54. The molecule has 2 N–H and O–H groups in total. The van der Waals surface area contributed by atoms with Gasteiger partial charge in [-0.25, -0.2) is 0 Å². The van der Waals surface area contributed by atoms with Crippen LogP contribution in [0.4, 0.5) is 0 Å². The van der Waals surface area contributed by atoms with E-state index in [2.05, 4.69) is 11.4 Å². The Bertz CT molecular complexity index is 996. The van der Waals surface area contributed by atoms with E-state index in [1.165, 1.54) is 0 Å². The van der Waals surface area contributed by atoms with Gasteiger partial charge in [0.05, 0.1) is 11.7 Å². The smallest absolute Gasteiger partial charge is 0.256 e. The molecule has 2 aliphatic rings. The lowest BCUT2D eigenvalue weighted by Crippen LogP contribution is -2.49. The van der Waals surface area contributed by atoms with Crippen LogP contribution in [-0.4, -0.2) is 29.8 Å². The summed E-state index contributed by atoms with van der Waals surface area (Å²) in [6, 6.07) is 11.7. The molecule has 4 rings (SSSR count). The van der Waals surface area contributed by atoms with Crippen molar-refractivity contribution in [2.24, 2.45) is 0 Å². The second-order valence-electron chi connectivity index (χ2n) is 8.15. The van der Waals surface area contributed by atoms with Gasteiger partial charge in [0.1, 0.15) is 11.3 Å². The molecule has 2 atom stereocenters. The van der Waals surface area contributed by atoms with Crippen LogP contribution in [0.3, 0.4) is 0 Å². The lowest BCUT2D eigenvalue weighted by molar-refractivity contribution is -0.116. The van der Waals surface area contributed by atoms with Crippen LogP contribution < -0.4 is 5.32 Å². The van der Waals surface area contributed by atoms with Crippen LogP contribution in [0.25, 0.3) is 16.7 Å². The Morgan fingerprint density at radius 1 is 1.17 bits per heavy atom. The van der Waals surface area contributed by atoms with Gasteiger partial charge >= 0.3 is 0 Å². The summed E-state index contributed by atoms with van der Waals surface area (Å²) in [6.07, 6.45) is 3.20. The number of nitrogens with one attached hydrogen (secondary N) is 1. The molecular weight excluding hydrogens is 386 g/mol. The topological polar surface area (TPSA) is 58.6 Å². The molecule has 0 bridgehead atoms. The molecule has 2 unspecified atom stereocenters. The van der Waals surface area contributed by atoms with Crippen molar-refractivity contribution in [2.75, 3.05) is 7.11 Å². The van der Waals surface area contributed by atoms with E-state index in [-0.39, 0.29) is 17.8 Å². The molecule has 1 aliphatic heterocycles. The predicted molar refractivity (Wildman–Crippen MR) is 116 cm³/mol. The quantitative estimate of drug-likeness (QED) is 0.715. The molecule has 0 saturated heterocycles. The first-order chi connectivity index (χ1) is 13.9. The van der Waals surface area contributed by atoms with Gasteiger partial charge in [0.25, 0.3) is 5.91 Å². The Kier molecular flexibility index (Phi) is 5.18. The number of hydrogen-bond donors (Lipinski definition) is 2. The van der Waals surface area contributed by atoms with Crippen LogP contribution in [0.1, 0.15) is 42.4 Å². The first kappa shape index (κ1) is 20.0. The molecule has 2 aromatic carbocycles. The molecule has 1 heterocycles. The molecule has 0 radical (unpaired) electrons. The van der Waals surface area contributed by atoms with Crippen molar-refractivity contribution in [3.05, 3.63) is 63.9 Å². The van der Waals surface area contributed by atoms with Gasteiger partial charge in [-0.05, 0) is 73.1 Å². The number of ether oxygens (including phenoxy) is 1. The number of methoxy groups -OCH3 is 1. The monoisotopic (exact) mass is 411 g/mol. The molecule has 1 amide bonds. The average molecular weight is 412 g/mol. The number of benzene rings is 2. The summed E-state index contributed by atoms with van der Waals surface area (Å²) >= 11 is 6.04. The highest BCUT2D eigenvalue weighted by atomic mass is 35.5. The molecule has 1 saturated carbocycles.